The Bertz CT molecular complexity index is 1500. The van der Waals surface area contributed by atoms with Crippen molar-refractivity contribution in [2.45, 2.75) is 37.7 Å². The van der Waals surface area contributed by atoms with Gasteiger partial charge in [-0.25, -0.2) is 0 Å². The highest BCUT2D eigenvalue weighted by atomic mass is 35.5. The molecule has 0 spiro atoms. The molecule has 2 aromatic rings. The number of rotatable bonds is 5. The number of nitrogens with zero attached hydrogens (tertiary/aromatic N) is 1. The van der Waals surface area contributed by atoms with Crippen LogP contribution in [-0.4, -0.2) is 34.5 Å². The van der Waals surface area contributed by atoms with Crippen LogP contribution in [0, 0.1) is 0 Å². The highest BCUT2D eigenvalue weighted by Gasteiger charge is 2.41. The van der Waals surface area contributed by atoms with Crippen molar-refractivity contribution in [2.75, 3.05) is 0 Å². The van der Waals surface area contributed by atoms with Gasteiger partial charge in [-0.15, -0.1) is 0 Å². The smallest absolute Gasteiger partial charge is 0.346 e. The minimum Gasteiger partial charge on any atom is -0.346 e. The van der Waals surface area contributed by atoms with E-state index in [1.165, 1.54) is 0 Å². The first-order chi connectivity index (χ1) is 18.6. The number of piperidine rings is 1. The van der Waals surface area contributed by atoms with Crippen LogP contribution in [0.2, 0.25) is 7.85 Å². The summed E-state index contributed by atoms with van der Waals surface area (Å²) in [5.41, 5.74) is -2.84. The molecule has 7 nitrogen and oxygen atoms in total. The molecule has 4 rings (SSSR count). The first kappa shape index (κ1) is 13.3. The average molecular weight is 471 g/mol. The molecule has 1 unspecified atom stereocenters. The van der Waals surface area contributed by atoms with Gasteiger partial charge in [0.2, 0.25) is 11.8 Å². The molecule has 0 saturated carbocycles. The average Bonchev–Trinajstić information content (AvgIpc) is 3.10. The number of amides is 4. The Morgan fingerprint density at radius 1 is 1.34 bits per heavy atom. The molecule has 1 atom stereocenters. The number of carbonyl (C=O) groups is 4. The second-order valence-electron chi connectivity index (χ2n) is 6.65. The third-order valence-corrected chi connectivity index (χ3v) is 4.83. The Morgan fingerprint density at radius 2 is 2.06 bits per heavy atom. The van der Waals surface area contributed by atoms with E-state index in [1.807, 2.05) is 0 Å². The first-order valence-corrected chi connectivity index (χ1v) is 9.34. The molecule has 32 heavy (non-hydrogen) atoms. The predicted octanol–water partition coefficient (Wildman–Crippen LogP) is 2.51. The molecule has 1 saturated heterocycles. The minimum absolute atomic E-state index is 0.0104. The third-order valence-electron chi connectivity index (χ3n) is 4.57. The molecule has 10 heteroatoms. The van der Waals surface area contributed by atoms with Crippen LogP contribution in [0.15, 0.2) is 42.5 Å². The van der Waals surface area contributed by atoms with Gasteiger partial charge in [-0.2, -0.15) is 8.78 Å². The first-order valence-electron chi connectivity index (χ1n) is 13.4. The van der Waals surface area contributed by atoms with Crippen LogP contribution < -0.4 is 10.6 Å². The van der Waals surface area contributed by atoms with Crippen molar-refractivity contribution in [3.63, 3.8) is 0 Å². The van der Waals surface area contributed by atoms with Gasteiger partial charge in [0.25, 0.3) is 11.8 Å². The summed E-state index contributed by atoms with van der Waals surface area (Å²) in [5, 5.41) is -1.05. The lowest BCUT2D eigenvalue weighted by Gasteiger charge is -2.29. The van der Waals surface area contributed by atoms with Gasteiger partial charge in [0.05, 0.1) is 6.85 Å². The molecule has 0 aromatic heterocycles. The van der Waals surface area contributed by atoms with Crippen molar-refractivity contribution in [1.82, 2.24) is 15.5 Å². The monoisotopic (exact) mass is 470 g/mol. The summed E-state index contributed by atoms with van der Waals surface area (Å²) in [6, 6.07) is 2.90. The zero-order valence-corrected chi connectivity index (χ0v) is 16.6. The Balaban J connectivity index is 1.73. The molecule has 0 radical (unpaired) electrons. The lowest BCUT2D eigenvalue weighted by molar-refractivity contribution is -0.147. The van der Waals surface area contributed by atoms with Crippen molar-refractivity contribution in [3.05, 3.63) is 69.7 Å². The fraction of sp³-hybridized carbons (Fsp3) is 0.273. The van der Waals surface area contributed by atoms with E-state index in [2.05, 4.69) is 0 Å². The molecular formula is C22H18ClF2N3O4. The largest absolute Gasteiger partial charge is 0.349 e. The number of benzene rings is 2. The topological polar surface area (TPSA) is 95.6 Å². The number of hydrogen-bond donors (Lipinski definition) is 2. The summed E-state index contributed by atoms with van der Waals surface area (Å²) in [4.78, 5) is 50.5. The van der Waals surface area contributed by atoms with Gasteiger partial charge < -0.3 is 10.2 Å². The zero-order valence-electron chi connectivity index (χ0n) is 24.9. The van der Waals surface area contributed by atoms with Crippen LogP contribution in [0.5, 0.6) is 0 Å². The molecule has 2 aliphatic heterocycles. The van der Waals surface area contributed by atoms with Crippen molar-refractivity contribution in [1.29, 1.82) is 0 Å². The number of fused-ring (bicyclic) bond motifs is 1. The van der Waals surface area contributed by atoms with Gasteiger partial charge in [-0.1, -0.05) is 35.9 Å². The van der Waals surface area contributed by atoms with Crippen LogP contribution >= 0.6 is 11.6 Å². The van der Waals surface area contributed by atoms with Gasteiger partial charge in [0, 0.05) is 38.3 Å². The van der Waals surface area contributed by atoms with Gasteiger partial charge in [0.15, 0.2) is 2.82 Å². The molecule has 0 aliphatic carbocycles. The van der Waals surface area contributed by atoms with E-state index in [9.17, 15) is 28.0 Å². The van der Waals surface area contributed by atoms with E-state index < -0.39 is 94.2 Å². The molecule has 166 valence electrons. The van der Waals surface area contributed by atoms with Crippen molar-refractivity contribution in [3.8, 4) is 0 Å². The number of nitrogens with one attached hydrogen (secondary N) is 2. The highest BCUT2D eigenvalue weighted by molar-refractivity contribution is 6.30. The van der Waals surface area contributed by atoms with Crippen molar-refractivity contribution < 1.29 is 40.4 Å². The lowest BCUT2D eigenvalue weighted by Crippen LogP contribution is -2.52. The number of hydrogen-bond acceptors (Lipinski definition) is 4. The van der Waals surface area contributed by atoms with Gasteiger partial charge in [0.1, 0.15) is 6.02 Å². The molecule has 2 N–H and O–H groups in total. The van der Waals surface area contributed by atoms with Crippen LogP contribution in [-0.2, 0) is 33.3 Å². The third kappa shape index (κ3) is 4.08. The van der Waals surface area contributed by atoms with Gasteiger partial charge >= 0.3 is 5.92 Å². The number of halogens is 3. The Hall–Kier alpha value is -3.33. The van der Waals surface area contributed by atoms with E-state index in [-0.39, 0.29) is 9.92 Å². The van der Waals surface area contributed by atoms with Gasteiger partial charge in [-0.3, -0.25) is 24.5 Å². The molecular weight excluding hydrogens is 444 g/mol. The lowest BCUT2D eigenvalue weighted by atomic mass is 10.0. The molecule has 2 aromatic carbocycles. The summed E-state index contributed by atoms with van der Waals surface area (Å²) in [6.45, 7) is -6.49. The van der Waals surface area contributed by atoms with E-state index in [0.717, 1.165) is 36.4 Å². The second-order valence-corrected chi connectivity index (χ2v) is 7.08. The quantitative estimate of drug-likeness (QED) is 0.656. The second kappa shape index (κ2) is 8.31. The van der Waals surface area contributed by atoms with E-state index in [4.69, 9.17) is 24.0 Å². The Labute approximate surface area is 199 Å². The van der Waals surface area contributed by atoms with Crippen molar-refractivity contribution >= 4 is 35.2 Å². The number of alkyl halides is 2. The van der Waals surface area contributed by atoms with Crippen molar-refractivity contribution in [2.24, 2.45) is 0 Å². The molecule has 4 amide bonds. The summed E-state index contributed by atoms with van der Waals surface area (Å²) >= 11 is 5.67. The van der Waals surface area contributed by atoms with Crippen LogP contribution in [0.1, 0.15) is 49.4 Å². The molecule has 2 aliphatic rings. The maximum atomic E-state index is 14.9. The molecule has 1 fully saturated rings. The summed E-state index contributed by atoms with van der Waals surface area (Å²) in [7, 11) is 0. The fourth-order valence-electron chi connectivity index (χ4n) is 2.95. The Kier molecular flexibility index (Phi) is 3.45. The predicted molar refractivity (Wildman–Crippen MR) is 110 cm³/mol. The minimum atomic E-state index is -4.38. The normalized spacial score (nSPS) is 28.7. The summed E-state index contributed by atoms with van der Waals surface area (Å²) < 4.78 is 103. The number of imide groups is 1. The Morgan fingerprint density at radius 3 is 2.78 bits per heavy atom. The highest BCUT2D eigenvalue weighted by Crippen LogP contribution is 2.30. The molecule has 0 bridgehead atoms. The summed E-state index contributed by atoms with van der Waals surface area (Å²) in [6.07, 6.45) is -4.33. The zero-order chi connectivity index (χ0) is 31.1. The van der Waals surface area contributed by atoms with Gasteiger partial charge in [-0.05, 0) is 35.7 Å². The van der Waals surface area contributed by atoms with Crippen LogP contribution in [0.4, 0.5) is 8.78 Å². The van der Waals surface area contributed by atoms with E-state index in [1.54, 1.807) is 0 Å². The maximum absolute atomic E-state index is 14.9. The SMILES string of the molecule is [2H]N1C(=O)C([2H])([2H])CC([2H])(N2C(=O)c3ccc(C([2H])([2H])N([2H])C(=O)C(F)(F)c4ccc(Cl)cc4)cc3C2([2H])[2H])C1=O. The maximum Gasteiger partial charge on any atom is 0.349 e. The summed E-state index contributed by atoms with van der Waals surface area (Å²) in [5.74, 6) is -11.3. The fourth-order valence-corrected chi connectivity index (χ4v) is 3.07. The standard InChI is InChI=1S/C22H18ClF2N3O4/c23-15-4-2-14(3-5-15)22(24,25)21(32)26-10-12-1-6-16-13(9-12)11-28(20(16)31)17-7-8-18(29)27-19(17)30/h1-6,9,17H,7-8,10-11H2,(H,26,32)(H,27,29,30)/i8D2,10D2,11D2,17D/hD2. The van der Waals surface area contributed by atoms with Crippen LogP contribution in [0.3, 0.4) is 0 Å². The molecule has 2 heterocycles. The number of carbonyl (C=O) groups excluding carboxylic acids is 4. The van der Waals surface area contributed by atoms with E-state index >= 15 is 0 Å². The van der Waals surface area contributed by atoms with Crippen LogP contribution in [0.25, 0.3) is 0 Å². The van der Waals surface area contributed by atoms with E-state index in [0.29, 0.717) is 6.07 Å².